The van der Waals surface area contributed by atoms with Gasteiger partial charge in [-0.25, -0.2) is 8.42 Å². The summed E-state index contributed by atoms with van der Waals surface area (Å²) in [6.07, 6.45) is 0. The van der Waals surface area contributed by atoms with Gasteiger partial charge in [-0.1, -0.05) is 0 Å². The zero-order valence-corrected chi connectivity index (χ0v) is 16.6. The van der Waals surface area contributed by atoms with Crippen LogP contribution in [0.3, 0.4) is 0 Å². The number of rotatable bonds is 6. The van der Waals surface area contributed by atoms with E-state index >= 15 is 0 Å². The predicted molar refractivity (Wildman–Crippen MR) is 100 cm³/mol. The average molecular weight is 393 g/mol. The standard InChI is InChI=1S/C19H23NO6S/c1-13-9-17(23-3)18(24-4)10-14(13)12-20(2)27(21,22)15-5-6-16-19(11-15)26-8-7-25-16/h5-6,9-11H,7-8,12H2,1-4H3. The normalized spacial score (nSPS) is 13.5. The van der Waals surface area contributed by atoms with Crippen molar-refractivity contribution in [2.24, 2.45) is 0 Å². The van der Waals surface area contributed by atoms with E-state index in [1.807, 2.05) is 13.0 Å². The first-order chi connectivity index (χ1) is 12.9. The first-order valence-corrected chi connectivity index (χ1v) is 9.88. The molecule has 0 aromatic heterocycles. The summed E-state index contributed by atoms with van der Waals surface area (Å²) in [5.41, 5.74) is 1.74. The molecule has 0 N–H and O–H groups in total. The molecule has 0 atom stereocenters. The lowest BCUT2D eigenvalue weighted by atomic mass is 10.1. The summed E-state index contributed by atoms with van der Waals surface area (Å²) in [5, 5.41) is 0. The molecule has 0 bridgehead atoms. The Labute approximate surface area is 159 Å². The molecule has 0 saturated heterocycles. The van der Waals surface area contributed by atoms with Crippen LogP contribution in [0.1, 0.15) is 11.1 Å². The zero-order valence-electron chi connectivity index (χ0n) is 15.8. The Kier molecular flexibility index (Phi) is 5.48. The van der Waals surface area contributed by atoms with Gasteiger partial charge in [-0.3, -0.25) is 0 Å². The van der Waals surface area contributed by atoms with E-state index < -0.39 is 10.0 Å². The number of aryl methyl sites for hydroxylation is 1. The van der Waals surface area contributed by atoms with Crippen molar-refractivity contribution in [2.45, 2.75) is 18.4 Å². The highest BCUT2D eigenvalue weighted by atomic mass is 32.2. The fraction of sp³-hybridized carbons (Fsp3) is 0.368. The van der Waals surface area contributed by atoms with Crippen molar-refractivity contribution in [3.63, 3.8) is 0 Å². The summed E-state index contributed by atoms with van der Waals surface area (Å²) >= 11 is 0. The number of sulfonamides is 1. The summed E-state index contributed by atoms with van der Waals surface area (Å²) in [7, 11) is 0.960. The zero-order chi connectivity index (χ0) is 19.6. The molecule has 2 aromatic carbocycles. The molecule has 0 spiro atoms. The van der Waals surface area contributed by atoms with Crippen LogP contribution in [0.4, 0.5) is 0 Å². The Morgan fingerprint density at radius 2 is 1.63 bits per heavy atom. The Morgan fingerprint density at radius 1 is 1.00 bits per heavy atom. The largest absolute Gasteiger partial charge is 0.493 e. The van der Waals surface area contributed by atoms with E-state index in [4.69, 9.17) is 18.9 Å². The summed E-state index contributed by atoms with van der Waals surface area (Å²) in [6.45, 7) is 2.96. The van der Waals surface area contributed by atoms with Crippen LogP contribution in [0.25, 0.3) is 0 Å². The molecule has 0 amide bonds. The van der Waals surface area contributed by atoms with Gasteiger partial charge in [-0.2, -0.15) is 4.31 Å². The molecule has 1 aliphatic heterocycles. The molecular formula is C19H23NO6S. The highest BCUT2D eigenvalue weighted by molar-refractivity contribution is 7.89. The van der Waals surface area contributed by atoms with Crippen LogP contribution >= 0.6 is 0 Å². The van der Waals surface area contributed by atoms with E-state index in [0.717, 1.165) is 11.1 Å². The highest BCUT2D eigenvalue weighted by Gasteiger charge is 2.24. The third kappa shape index (κ3) is 3.81. The molecule has 0 fully saturated rings. The van der Waals surface area contributed by atoms with Gasteiger partial charge < -0.3 is 18.9 Å². The minimum absolute atomic E-state index is 0.160. The maximum atomic E-state index is 13.0. The number of hydrogen-bond donors (Lipinski definition) is 0. The molecule has 3 rings (SSSR count). The monoisotopic (exact) mass is 393 g/mol. The minimum Gasteiger partial charge on any atom is -0.493 e. The van der Waals surface area contributed by atoms with E-state index in [1.54, 1.807) is 33.4 Å². The molecule has 1 heterocycles. The quantitative estimate of drug-likeness (QED) is 0.751. The van der Waals surface area contributed by atoms with Gasteiger partial charge in [-0.05, 0) is 42.3 Å². The molecule has 0 radical (unpaired) electrons. The van der Waals surface area contributed by atoms with Crippen LogP contribution in [0.5, 0.6) is 23.0 Å². The van der Waals surface area contributed by atoms with Gasteiger partial charge in [0.15, 0.2) is 23.0 Å². The Hall–Kier alpha value is -2.45. The van der Waals surface area contributed by atoms with Crippen LogP contribution in [-0.4, -0.2) is 47.2 Å². The number of hydrogen-bond acceptors (Lipinski definition) is 6. The molecule has 7 nitrogen and oxygen atoms in total. The Morgan fingerprint density at radius 3 is 2.30 bits per heavy atom. The molecule has 146 valence electrons. The van der Waals surface area contributed by atoms with Crippen molar-refractivity contribution in [2.75, 3.05) is 34.5 Å². The number of nitrogens with zero attached hydrogens (tertiary/aromatic N) is 1. The average Bonchev–Trinajstić information content (AvgIpc) is 2.68. The van der Waals surface area contributed by atoms with Gasteiger partial charge in [0.1, 0.15) is 13.2 Å². The van der Waals surface area contributed by atoms with Crippen LogP contribution in [0.2, 0.25) is 0 Å². The first kappa shape index (κ1) is 19.3. The van der Waals surface area contributed by atoms with Gasteiger partial charge in [0.2, 0.25) is 10.0 Å². The van der Waals surface area contributed by atoms with Gasteiger partial charge >= 0.3 is 0 Å². The maximum absolute atomic E-state index is 13.0. The second-order valence-electron chi connectivity index (χ2n) is 6.20. The van der Waals surface area contributed by atoms with Crippen molar-refractivity contribution in [3.8, 4) is 23.0 Å². The lowest BCUT2D eigenvalue weighted by Gasteiger charge is -2.22. The third-order valence-corrected chi connectivity index (χ3v) is 6.26. The minimum atomic E-state index is -3.70. The summed E-state index contributed by atoms with van der Waals surface area (Å²) in [5.74, 6) is 2.16. The molecule has 2 aromatic rings. The lowest BCUT2D eigenvalue weighted by Crippen LogP contribution is -2.27. The Bertz CT molecular complexity index is 941. The van der Waals surface area contributed by atoms with Crippen molar-refractivity contribution < 1.29 is 27.4 Å². The fourth-order valence-electron chi connectivity index (χ4n) is 2.88. The summed E-state index contributed by atoms with van der Waals surface area (Å²) in [6, 6.07) is 8.28. The molecule has 0 saturated carbocycles. The second-order valence-corrected chi connectivity index (χ2v) is 8.25. The van der Waals surface area contributed by atoms with E-state index in [2.05, 4.69) is 0 Å². The van der Waals surface area contributed by atoms with Gasteiger partial charge in [0.05, 0.1) is 19.1 Å². The second kappa shape index (κ2) is 7.66. The van der Waals surface area contributed by atoms with Crippen molar-refractivity contribution >= 4 is 10.0 Å². The lowest BCUT2D eigenvalue weighted by molar-refractivity contribution is 0.171. The summed E-state index contributed by atoms with van der Waals surface area (Å²) < 4.78 is 48.8. The van der Waals surface area contributed by atoms with E-state index in [1.165, 1.54) is 16.4 Å². The number of ether oxygens (including phenoxy) is 4. The van der Waals surface area contributed by atoms with Crippen molar-refractivity contribution in [3.05, 3.63) is 41.5 Å². The molecule has 0 unspecified atom stereocenters. The van der Waals surface area contributed by atoms with Gasteiger partial charge in [0, 0.05) is 19.7 Å². The van der Waals surface area contributed by atoms with Crippen LogP contribution in [0.15, 0.2) is 35.2 Å². The molecule has 0 aliphatic carbocycles. The van der Waals surface area contributed by atoms with E-state index in [-0.39, 0.29) is 11.4 Å². The predicted octanol–water partition coefficient (Wildman–Crippen LogP) is 2.60. The van der Waals surface area contributed by atoms with Gasteiger partial charge in [0.25, 0.3) is 0 Å². The van der Waals surface area contributed by atoms with Gasteiger partial charge in [-0.15, -0.1) is 0 Å². The topological polar surface area (TPSA) is 74.3 Å². The number of methoxy groups -OCH3 is 2. The summed E-state index contributed by atoms with van der Waals surface area (Å²) in [4.78, 5) is 0.160. The van der Waals surface area contributed by atoms with E-state index in [0.29, 0.717) is 36.2 Å². The van der Waals surface area contributed by atoms with Crippen LogP contribution in [-0.2, 0) is 16.6 Å². The highest BCUT2D eigenvalue weighted by Crippen LogP contribution is 2.34. The molecular weight excluding hydrogens is 370 g/mol. The van der Waals surface area contributed by atoms with Crippen molar-refractivity contribution in [1.82, 2.24) is 4.31 Å². The maximum Gasteiger partial charge on any atom is 0.243 e. The van der Waals surface area contributed by atoms with Crippen molar-refractivity contribution in [1.29, 1.82) is 0 Å². The fourth-order valence-corrected chi connectivity index (χ4v) is 4.05. The van der Waals surface area contributed by atoms with Crippen LogP contribution < -0.4 is 18.9 Å². The van der Waals surface area contributed by atoms with E-state index in [9.17, 15) is 8.42 Å². The smallest absolute Gasteiger partial charge is 0.243 e. The first-order valence-electron chi connectivity index (χ1n) is 8.44. The molecule has 27 heavy (non-hydrogen) atoms. The molecule has 8 heteroatoms. The number of fused-ring (bicyclic) bond motifs is 1. The molecule has 1 aliphatic rings. The van der Waals surface area contributed by atoms with Crippen LogP contribution in [0, 0.1) is 6.92 Å². The number of benzene rings is 2. The SMILES string of the molecule is COc1cc(C)c(CN(C)S(=O)(=O)c2ccc3c(c2)OCCO3)cc1OC. The third-order valence-electron chi connectivity index (χ3n) is 4.46. The Balaban J connectivity index is 1.88.